The first-order valence-electron chi connectivity index (χ1n) is 9.48. The lowest BCUT2D eigenvalue weighted by Crippen LogP contribution is -2.31. The van der Waals surface area contributed by atoms with Gasteiger partial charge in [0.2, 0.25) is 5.91 Å². The van der Waals surface area contributed by atoms with E-state index in [2.05, 4.69) is 29.2 Å². The first-order chi connectivity index (χ1) is 13.7. The molecule has 0 atom stereocenters. The zero-order valence-corrected chi connectivity index (χ0v) is 16.0. The SMILES string of the molecule is Cc1cccn2cc(CC(=O)N(Cc3ccccc3)Cc3ccccc3)nc12. The minimum atomic E-state index is 0.0776. The second-order valence-electron chi connectivity index (χ2n) is 7.05. The van der Waals surface area contributed by atoms with Crippen LogP contribution in [0.5, 0.6) is 0 Å². The molecule has 2 aromatic heterocycles. The molecule has 4 heteroatoms. The van der Waals surface area contributed by atoms with Crippen LogP contribution in [-0.2, 0) is 24.3 Å². The Kier molecular flexibility index (Phi) is 5.20. The lowest BCUT2D eigenvalue weighted by atomic mass is 10.1. The Morgan fingerprint density at radius 2 is 1.50 bits per heavy atom. The van der Waals surface area contributed by atoms with Gasteiger partial charge in [-0.1, -0.05) is 66.7 Å². The second kappa shape index (κ2) is 8.09. The summed E-state index contributed by atoms with van der Waals surface area (Å²) < 4.78 is 1.98. The van der Waals surface area contributed by atoms with Gasteiger partial charge in [-0.3, -0.25) is 4.79 Å². The molecule has 0 saturated heterocycles. The molecule has 0 aliphatic rings. The van der Waals surface area contributed by atoms with Crippen molar-refractivity contribution in [2.45, 2.75) is 26.4 Å². The lowest BCUT2D eigenvalue weighted by Gasteiger charge is -2.23. The average molecular weight is 369 g/mol. The molecule has 0 bridgehead atoms. The fourth-order valence-corrected chi connectivity index (χ4v) is 3.40. The van der Waals surface area contributed by atoms with Gasteiger partial charge in [-0.25, -0.2) is 4.98 Å². The van der Waals surface area contributed by atoms with Gasteiger partial charge in [0.1, 0.15) is 5.65 Å². The maximum absolute atomic E-state index is 13.2. The van der Waals surface area contributed by atoms with E-state index >= 15 is 0 Å². The molecule has 0 radical (unpaired) electrons. The van der Waals surface area contributed by atoms with E-state index in [1.165, 1.54) is 0 Å². The normalized spacial score (nSPS) is 10.9. The van der Waals surface area contributed by atoms with Gasteiger partial charge < -0.3 is 9.30 Å². The molecule has 28 heavy (non-hydrogen) atoms. The summed E-state index contributed by atoms with van der Waals surface area (Å²) in [4.78, 5) is 19.7. The molecule has 0 saturated carbocycles. The third-order valence-electron chi connectivity index (χ3n) is 4.85. The Bertz CT molecular complexity index is 1030. The van der Waals surface area contributed by atoms with Crippen molar-refractivity contribution in [1.29, 1.82) is 0 Å². The molecular weight excluding hydrogens is 346 g/mol. The van der Waals surface area contributed by atoms with Crippen LogP contribution in [0.4, 0.5) is 0 Å². The van der Waals surface area contributed by atoms with Crippen molar-refractivity contribution in [2.75, 3.05) is 0 Å². The van der Waals surface area contributed by atoms with Crippen molar-refractivity contribution in [3.8, 4) is 0 Å². The predicted octanol–water partition coefficient (Wildman–Crippen LogP) is 4.41. The number of rotatable bonds is 6. The summed E-state index contributed by atoms with van der Waals surface area (Å²) in [6.45, 7) is 3.20. The van der Waals surface area contributed by atoms with Crippen LogP contribution in [0.25, 0.3) is 5.65 Å². The number of aromatic nitrogens is 2. The maximum Gasteiger partial charge on any atom is 0.229 e. The van der Waals surface area contributed by atoms with E-state index in [1.54, 1.807) is 0 Å². The molecule has 0 aliphatic carbocycles. The molecule has 4 rings (SSSR count). The first-order valence-corrected chi connectivity index (χ1v) is 9.48. The van der Waals surface area contributed by atoms with Crippen molar-refractivity contribution in [2.24, 2.45) is 0 Å². The molecule has 2 aromatic carbocycles. The van der Waals surface area contributed by atoms with E-state index in [0.717, 1.165) is 28.0 Å². The number of hydrogen-bond acceptors (Lipinski definition) is 2. The number of aryl methyl sites for hydroxylation is 1. The van der Waals surface area contributed by atoms with Gasteiger partial charge in [-0.15, -0.1) is 0 Å². The fraction of sp³-hybridized carbons (Fsp3) is 0.167. The number of nitrogens with zero attached hydrogens (tertiary/aromatic N) is 3. The third kappa shape index (κ3) is 4.12. The monoisotopic (exact) mass is 369 g/mol. The van der Waals surface area contributed by atoms with Crippen LogP contribution in [0.3, 0.4) is 0 Å². The molecule has 1 amide bonds. The van der Waals surface area contributed by atoms with Crippen LogP contribution in [0.1, 0.15) is 22.4 Å². The Labute approximate surface area is 165 Å². The number of fused-ring (bicyclic) bond motifs is 1. The first kappa shape index (κ1) is 18.0. The molecule has 0 aliphatic heterocycles. The van der Waals surface area contributed by atoms with E-state index in [0.29, 0.717) is 19.5 Å². The van der Waals surface area contributed by atoms with Gasteiger partial charge in [0, 0.05) is 25.5 Å². The molecule has 2 heterocycles. The average Bonchev–Trinajstić information content (AvgIpc) is 3.13. The summed E-state index contributed by atoms with van der Waals surface area (Å²) in [5.41, 5.74) is 5.05. The lowest BCUT2D eigenvalue weighted by molar-refractivity contribution is -0.131. The van der Waals surface area contributed by atoms with E-state index in [-0.39, 0.29) is 5.91 Å². The molecular formula is C24H23N3O. The van der Waals surface area contributed by atoms with Crippen LogP contribution in [0.15, 0.2) is 85.2 Å². The van der Waals surface area contributed by atoms with Crippen molar-refractivity contribution in [1.82, 2.24) is 14.3 Å². The standard InChI is InChI=1S/C24H23N3O/c1-19-9-8-14-26-18-22(25-24(19)26)15-23(28)27(16-20-10-4-2-5-11-20)17-21-12-6-3-7-13-21/h2-14,18H,15-17H2,1H3. The molecule has 0 N–H and O–H groups in total. The van der Waals surface area contributed by atoms with Crippen LogP contribution in [0, 0.1) is 6.92 Å². The van der Waals surface area contributed by atoms with Crippen molar-refractivity contribution < 1.29 is 4.79 Å². The summed E-state index contributed by atoms with van der Waals surface area (Å²) in [5.74, 6) is 0.0776. The number of carbonyl (C=O) groups excluding carboxylic acids is 1. The second-order valence-corrected chi connectivity index (χ2v) is 7.05. The highest BCUT2D eigenvalue weighted by Crippen LogP contribution is 2.14. The van der Waals surface area contributed by atoms with E-state index in [9.17, 15) is 4.79 Å². The topological polar surface area (TPSA) is 37.6 Å². The number of carbonyl (C=O) groups is 1. The Morgan fingerprint density at radius 3 is 2.07 bits per heavy atom. The quantitative estimate of drug-likeness (QED) is 0.505. The van der Waals surface area contributed by atoms with Gasteiger partial charge in [0.05, 0.1) is 12.1 Å². The summed E-state index contributed by atoms with van der Waals surface area (Å²) in [6, 6.07) is 24.3. The van der Waals surface area contributed by atoms with E-state index < -0.39 is 0 Å². The van der Waals surface area contributed by atoms with Crippen molar-refractivity contribution in [3.63, 3.8) is 0 Å². The summed E-state index contributed by atoms with van der Waals surface area (Å²) in [6.07, 6.45) is 4.21. The zero-order chi connectivity index (χ0) is 19.3. The van der Waals surface area contributed by atoms with Crippen molar-refractivity contribution >= 4 is 11.6 Å². The summed E-state index contributed by atoms with van der Waals surface area (Å²) in [5, 5.41) is 0. The number of amides is 1. The van der Waals surface area contributed by atoms with Gasteiger partial charge in [-0.2, -0.15) is 0 Å². The fourth-order valence-electron chi connectivity index (χ4n) is 3.40. The van der Waals surface area contributed by atoms with Crippen LogP contribution in [0.2, 0.25) is 0 Å². The Hall–Kier alpha value is -3.40. The molecule has 140 valence electrons. The van der Waals surface area contributed by atoms with Gasteiger partial charge in [-0.05, 0) is 29.7 Å². The third-order valence-corrected chi connectivity index (χ3v) is 4.85. The maximum atomic E-state index is 13.2. The van der Waals surface area contributed by atoms with Gasteiger partial charge in [0.25, 0.3) is 0 Å². The minimum absolute atomic E-state index is 0.0776. The molecule has 0 spiro atoms. The Balaban J connectivity index is 1.57. The zero-order valence-electron chi connectivity index (χ0n) is 16.0. The highest BCUT2D eigenvalue weighted by molar-refractivity contribution is 5.78. The van der Waals surface area contributed by atoms with Gasteiger partial charge >= 0.3 is 0 Å². The highest BCUT2D eigenvalue weighted by atomic mass is 16.2. The highest BCUT2D eigenvalue weighted by Gasteiger charge is 2.17. The minimum Gasteiger partial charge on any atom is -0.334 e. The number of hydrogen-bond donors (Lipinski definition) is 0. The molecule has 0 fully saturated rings. The van der Waals surface area contributed by atoms with Crippen LogP contribution < -0.4 is 0 Å². The smallest absolute Gasteiger partial charge is 0.229 e. The summed E-state index contributed by atoms with van der Waals surface area (Å²) >= 11 is 0. The van der Waals surface area contributed by atoms with Gasteiger partial charge in [0.15, 0.2) is 0 Å². The number of pyridine rings is 1. The van der Waals surface area contributed by atoms with Crippen molar-refractivity contribution in [3.05, 3.63) is 108 Å². The largest absolute Gasteiger partial charge is 0.334 e. The van der Waals surface area contributed by atoms with E-state index in [1.807, 2.05) is 77.1 Å². The predicted molar refractivity (Wildman–Crippen MR) is 111 cm³/mol. The molecule has 4 nitrogen and oxygen atoms in total. The Morgan fingerprint density at radius 1 is 0.893 bits per heavy atom. The van der Waals surface area contributed by atoms with Crippen LogP contribution in [-0.4, -0.2) is 20.2 Å². The number of benzene rings is 2. The number of imidazole rings is 1. The summed E-state index contributed by atoms with van der Waals surface area (Å²) in [7, 11) is 0. The molecule has 4 aromatic rings. The van der Waals surface area contributed by atoms with E-state index in [4.69, 9.17) is 0 Å². The van der Waals surface area contributed by atoms with Crippen LogP contribution >= 0.6 is 0 Å². The molecule has 0 unspecified atom stereocenters.